The standard InChI is InChI=1S/C56H56N4O14/c1-63-37-19-27(20-38(64-2)53(37)71-9)45-31-13-14-32(57-31)46(28-21-39(65-3)54(72-10)40(22-28)66-4)34-16-18-36(59-34)48(30-25-43(69-7)56(74-12)44(26-30)70-8)50-52(62)51(61)49(60-50)47(35-17-15-33(45)58-35)29-23-41(67-5)55(73-11)42(24-29)68-6/h13-26,51-52,58-59,61-62H,1-12H3/t51-,52+. The Morgan fingerprint density at radius 3 is 0.784 bits per heavy atom. The summed E-state index contributed by atoms with van der Waals surface area (Å²) in [5.41, 5.74) is 7.88. The quantitative estimate of drug-likeness (QED) is 0.0710. The highest BCUT2D eigenvalue weighted by Crippen LogP contribution is 2.51. The molecule has 2 atom stereocenters. The van der Waals surface area contributed by atoms with Crippen LogP contribution in [-0.2, 0) is 0 Å². The fourth-order valence-electron chi connectivity index (χ4n) is 9.65. The van der Waals surface area contributed by atoms with Gasteiger partial charge in [-0.1, -0.05) is 0 Å². The molecule has 4 aromatic carbocycles. The number of aliphatic hydroxyl groups excluding tert-OH is 2. The first-order chi connectivity index (χ1) is 36.0. The van der Waals surface area contributed by atoms with Crippen LogP contribution in [-0.4, -0.2) is 115 Å². The number of fused-ring (bicyclic) bond motifs is 8. The second kappa shape index (κ2) is 20.8. The van der Waals surface area contributed by atoms with Gasteiger partial charge in [0, 0.05) is 44.3 Å². The highest BCUT2D eigenvalue weighted by Gasteiger charge is 2.36. The zero-order valence-electron chi connectivity index (χ0n) is 42.9. The van der Waals surface area contributed by atoms with Crippen molar-refractivity contribution in [3.05, 3.63) is 95.6 Å². The SMILES string of the molecule is COc1cc(-c2c3nc(c(-c4cc(OC)c(OC)c(OC)c4)c4ccc([nH]4)c(-c4cc(OC)c(OC)c(OC)c4)c4nc(c(-c5cc(OC)c(OC)c(OC)c5)c5ccc2[nH]5)[C@@H](O)[C@H]4O)C=C3)cc(OC)c1OC. The van der Waals surface area contributed by atoms with Gasteiger partial charge in [0.05, 0.1) is 108 Å². The van der Waals surface area contributed by atoms with Crippen LogP contribution in [0.5, 0.6) is 69.0 Å². The van der Waals surface area contributed by atoms with Crippen LogP contribution in [0.1, 0.15) is 35.0 Å². The van der Waals surface area contributed by atoms with Gasteiger partial charge in [-0.05, 0) is 107 Å². The highest BCUT2D eigenvalue weighted by atomic mass is 16.6. The number of benzene rings is 4. The molecule has 4 N–H and O–H groups in total. The lowest BCUT2D eigenvalue weighted by molar-refractivity contribution is 0.0260. The summed E-state index contributed by atoms with van der Waals surface area (Å²) in [7, 11) is 18.4. The molecule has 0 radical (unpaired) electrons. The number of nitrogens with zero attached hydrogens (tertiary/aromatic N) is 2. The van der Waals surface area contributed by atoms with Crippen LogP contribution in [0.25, 0.3) is 78.7 Å². The normalized spacial score (nSPS) is 13.8. The average molecular weight is 1010 g/mol. The molecular weight excluding hydrogens is 953 g/mol. The van der Waals surface area contributed by atoms with E-state index in [1.165, 1.54) is 42.7 Å². The molecule has 0 aliphatic carbocycles. The Kier molecular flexibility index (Phi) is 14.1. The van der Waals surface area contributed by atoms with E-state index in [9.17, 15) is 10.2 Å². The number of nitrogens with one attached hydrogen (secondary N) is 2. The number of aromatic nitrogens is 4. The summed E-state index contributed by atoms with van der Waals surface area (Å²) in [4.78, 5) is 18.0. The summed E-state index contributed by atoms with van der Waals surface area (Å²) >= 11 is 0. The van der Waals surface area contributed by atoms with Crippen molar-refractivity contribution < 1.29 is 67.1 Å². The number of aromatic amines is 2. The van der Waals surface area contributed by atoms with Crippen LogP contribution in [0.4, 0.5) is 0 Å². The summed E-state index contributed by atoms with van der Waals surface area (Å²) < 4.78 is 69.9. The van der Waals surface area contributed by atoms with Gasteiger partial charge in [-0.2, -0.15) is 0 Å². The summed E-state index contributed by atoms with van der Waals surface area (Å²) in [5, 5.41) is 25.1. The molecule has 0 fully saturated rings. The van der Waals surface area contributed by atoms with Crippen LogP contribution in [0.15, 0.2) is 72.8 Å². The molecule has 3 aromatic heterocycles. The number of hydrogen-bond acceptors (Lipinski definition) is 16. The van der Waals surface area contributed by atoms with Crippen molar-refractivity contribution in [2.24, 2.45) is 0 Å². The van der Waals surface area contributed by atoms with E-state index < -0.39 is 12.2 Å². The first-order valence-electron chi connectivity index (χ1n) is 23.0. The van der Waals surface area contributed by atoms with Gasteiger partial charge >= 0.3 is 0 Å². The Morgan fingerprint density at radius 1 is 0.324 bits per heavy atom. The third-order valence-corrected chi connectivity index (χ3v) is 13.0. The van der Waals surface area contributed by atoms with Gasteiger partial charge in [-0.15, -0.1) is 0 Å². The molecule has 0 saturated heterocycles. The molecule has 0 amide bonds. The maximum absolute atomic E-state index is 12.6. The number of aliphatic hydroxyl groups is 2. The molecule has 5 heterocycles. The van der Waals surface area contributed by atoms with Crippen molar-refractivity contribution in [1.82, 2.24) is 19.9 Å². The minimum Gasteiger partial charge on any atom is -0.493 e. The third kappa shape index (κ3) is 8.46. The zero-order valence-corrected chi connectivity index (χ0v) is 42.9. The highest BCUT2D eigenvalue weighted by molar-refractivity contribution is 5.99. The molecule has 0 spiro atoms. The molecule has 8 bridgehead atoms. The van der Waals surface area contributed by atoms with Gasteiger partial charge in [-0.25, -0.2) is 4.98 Å². The molecular formula is C56H56N4O14. The fourth-order valence-corrected chi connectivity index (χ4v) is 9.65. The van der Waals surface area contributed by atoms with E-state index >= 15 is 0 Å². The van der Waals surface area contributed by atoms with Gasteiger partial charge in [0.15, 0.2) is 46.0 Å². The van der Waals surface area contributed by atoms with Crippen molar-refractivity contribution in [3.63, 3.8) is 0 Å². The lowest BCUT2D eigenvalue weighted by Gasteiger charge is -2.17. The maximum atomic E-state index is 12.6. The van der Waals surface area contributed by atoms with Crippen molar-refractivity contribution >= 4 is 34.2 Å². The molecule has 384 valence electrons. The lowest BCUT2D eigenvalue weighted by atomic mass is 9.96. The molecule has 2 aliphatic rings. The summed E-state index contributed by atoms with van der Waals surface area (Å²) in [6.07, 6.45) is 0.667. The van der Waals surface area contributed by atoms with Crippen LogP contribution in [0, 0.1) is 0 Å². The molecule has 2 aliphatic heterocycles. The van der Waals surface area contributed by atoms with E-state index in [0.29, 0.717) is 147 Å². The van der Waals surface area contributed by atoms with E-state index in [0.717, 1.165) is 0 Å². The Bertz CT molecular complexity index is 3180. The van der Waals surface area contributed by atoms with E-state index in [-0.39, 0.29) is 11.4 Å². The number of ether oxygens (including phenoxy) is 12. The van der Waals surface area contributed by atoms with Crippen LogP contribution >= 0.6 is 0 Å². The Morgan fingerprint density at radius 2 is 0.554 bits per heavy atom. The predicted octanol–water partition coefficient (Wildman–Crippen LogP) is 10.0. The van der Waals surface area contributed by atoms with Crippen molar-refractivity contribution in [2.75, 3.05) is 85.3 Å². The molecule has 9 rings (SSSR count). The number of rotatable bonds is 16. The molecule has 18 nitrogen and oxygen atoms in total. The van der Waals surface area contributed by atoms with Crippen molar-refractivity contribution in [1.29, 1.82) is 0 Å². The van der Waals surface area contributed by atoms with Gasteiger partial charge in [0.25, 0.3) is 0 Å². The van der Waals surface area contributed by atoms with E-state index in [1.807, 2.05) is 60.7 Å². The average Bonchev–Trinajstić information content (AvgIpc) is 4.27. The second-order valence-electron chi connectivity index (χ2n) is 16.7. The fraction of sp³-hybridized carbons (Fsp3) is 0.250. The summed E-state index contributed by atoms with van der Waals surface area (Å²) in [6.45, 7) is 0. The minimum absolute atomic E-state index is 0.117. The van der Waals surface area contributed by atoms with Crippen LogP contribution in [0.3, 0.4) is 0 Å². The van der Waals surface area contributed by atoms with E-state index in [4.69, 9.17) is 66.8 Å². The molecule has 74 heavy (non-hydrogen) atoms. The molecule has 0 unspecified atom stereocenters. The number of methoxy groups -OCH3 is 12. The zero-order chi connectivity index (χ0) is 52.5. The van der Waals surface area contributed by atoms with Gasteiger partial charge < -0.3 is 77.0 Å². The lowest BCUT2D eigenvalue weighted by Crippen LogP contribution is -2.06. The Labute approximate surface area is 426 Å². The van der Waals surface area contributed by atoms with Gasteiger partial charge in [0.1, 0.15) is 12.2 Å². The smallest absolute Gasteiger partial charge is 0.203 e. The minimum atomic E-state index is -1.59. The number of hydrogen-bond donors (Lipinski definition) is 4. The summed E-state index contributed by atoms with van der Waals surface area (Å²) in [5.74, 6) is 4.49. The first-order valence-corrected chi connectivity index (χ1v) is 23.0. The Hall–Kier alpha value is -8.74. The van der Waals surface area contributed by atoms with E-state index in [2.05, 4.69) is 9.97 Å². The molecule has 0 saturated carbocycles. The van der Waals surface area contributed by atoms with Crippen molar-refractivity contribution in [2.45, 2.75) is 12.2 Å². The van der Waals surface area contributed by atoms with E-state index in [1.54, 1.807) is 66.9 Å². The van der Waals surface area contributed by atoms with Crippen LogP contribution < -0.4 is 56.8 Å². The van der Waals surface area contributed by atoms with Gasteiger partial charge in [0.2, 0.25) is 23.0 Å². The molecule has 18 heteroatoms. The topological polar surface area (TPSA) is 209 Å². The Balaban J connectivity index is 1.55. The number of H-pyrrole nitrogens is 2. The maximum Gasteiger partial charge on any atom is 0.203 e. The summed E-state index contributed by atoms with van der Waals surface area (Å²) in [6, 6.07) is 21.9. The predicted molar refractivity (Wildman–Crippen MR) is 280 cm³/mol. The largest absolute Gasteiger partial charge is 0.493 e. The van der Waals surface area contributed by atoms with Crippen LogP contribution in [0.2, 0.25) is 0 Å². The monoisotopic (exact) mass is 1010 g/mol. The first kappa shape index (κ1) is 50.2. The van der Waals surface area contributed by atoms with Gasteiger partial charge in [-0.3, -0.25) is 4.98 Å². The molecule has 7 aromatic rings. The van der Waals surface area contributed by atoms with Crippen molar-refractivity contribution in [3.8, 4) is 114 Å². The second-order valence-corrected chi connectivity index (χ2v) is 16.7. The third-order valence-electron chi connectivity index (χ3n) is 13.0.